The Labute approximate surface area is 173 Å². The molecule has 0 aliphatic rings. The number of sulfonamides is 1. The Morgan fingerprint density at radius 3 is 2.68 bits per heavy atom. The minimum Gasteiger partial charge on any atom is -0.268 e. The summed E-state index contributed by atoms with van der Waals surface area (Å²) in [5.41, 5.74) is 2.11. The molecule has 0 fully saturated rings. The number of para-hydroxylation sites is 1. The summed E-state index contributed by atoms with van der Waals surface area (Å²) in [7, 11) is -3.21. The zero-order valence-electron chi connectivity index (χ0n) is 15.5. The SMILES string of the molecule is Cc1ccccc1-n1c(SCCCNS(C)(=O)=O)nc2cc(Cl)ccc2c1=O. The maximum atomic E-state index is 13.2. The summed E-state index contributed by atoms with van der Waals surface area (Å²) in [6.45, 7) is 2.28. The topological polar surface area (TPSA) is 81.1 Å². The minimum absolute atomic E-state index is 0.160. The van der Waals surface area contributed by atoms with Crippen LogP contribution in [-0.2, 0) is 10.0 Å². The molecule has 1 N–H and O–H groups in total. The van der Waals surface area contributed by atoms with Crippen LogP contribution in [0, 0.1) is 6.92 Å². The van der Waals surface area contributed by atoms with Gasteiger partial charge < -0.3 is 0 Å². The first-order valence-corrected chi connectivity index (χ1v) is 11.9. The van der Waals surface area contributed by atoms with E-state index >= 15 is 0 Å². The van der Waals surface area contributed by atoms with Gasteiger partial charge in [0.2, 0.25) is 10.0 Å². The normalized spacial score (nSPS) is 11.8. The second-order valence-corrected chi connectivity index (χ2v) is 9.68. The molecule has 0 unspecified atom stereocenters. The molecule has 0 aliphatic carbocycles. The van der Waals surface area contributed by atoms with Crippen molar-refractivity contribution in [2.75, 3.05) is 18.6 Å². The Balaban J connectivity index is 2.00. The smallest absolute Gasteiger partial charge is 0.266 e. The van der Waals surface area contributed by atoms with Gasteiger partial charge in [0, 0.05) is 17.3 Å². The van der Waals surface area contributed by atoms with Crippen molar-refractivity contribution in [3.05, 3.63) is 63.4 Å². The lowest BCUT2D eigenvalue weighted by molar-refractivity contribution is 0.587. The summed E-state index contributed by atoms with van der Waals surface area (Å²) in [6.07, 6.45) is 1.74. The lowest BCUT2D eigenvalue weighted by Gasteiger charge is -2.15. The van der Waals surface area contributed by atoms with Crippen LogP contribution in [0.25, 0.3) is 16.6 Å². The zero-order valence-corrected chi connectivity index (χ0v) is 17.9. The van der Waals surface area contributed by atoms with Crippen molar-refractivity contribution in [3.8, 4) is 5.69 Å². The fourth-order valence-corrected chi connectivity index (χ4v) is 4.38. The fourth-order valence-electron chi connectivity index (χ4n) is 2.76. The Morgan fingerprint density at radius 2 is 1.96 bits per heavy atom. The van der Waals surface area contributed by atoms with Gasteiger partial charge in [-0.2, -0.15) is 0 Å². The highest BCUT2D eigenvalue weighted by Gasteiger charge is 2.15. The second kappa shape index (κ2) is 8.65. The number of nitrogens with one attached hydrogen (secondary N) is 1. The number of aromatic nitrogens is 2. The van der Waals surface area contributed by atoms with Gasteiger partial charge >= 0.3 is 0 Å². The van der Waals surface area contributed by atoms with Gasteiger partial charge in [-0.15, -0.1) is 0 Å². The summed E-state index contributed by atoms with van der Waals surface area (Å²) in [5.74, 6) is 0.604. The summed E-state index contributed by atoms with van der Waals surface area (Å²) in [4.78, 5) is 17.9. The van der Waals surface area contributed by atoms with Crippen LogP contribution in [0.3, 0.4) is 0 Å². The number of halogens is 1. The maximum absolute atomic E-state index is 13.2. The molecule has 0 spiro atoms. The number of rotatable bonds is 7. The molecule has 3 aromatic rings. The van der Waals surface area contributed by atoms with Crippen LogP contribution in [0.5, 0.6) is 0 Å². The first-order valence-electron chi connectivity index (χ1n) is 8.62. The minimum atomic E-state index is -3.21. The number of hydrogen-bond donors (Lipinski definition) is 1. The van der Waals surface area contributed by atoms with Crippen LogP contribution in [0.1, 0.15) is 12.0 Å². The molecule has 0 radical (unpaired) electrons. The first kappa shape index (κ1) is 20.9. The molecule has 0 bridgehead atoms. The summed E-state index contributed by atoms with van der Waals surface area (Å²) in [5, 5.41) is 1.56. The van der Waals surface area contributed by atoms with Gasteiger partial charge in [-0.25, -0.2) is 18.1 Å². The molecule has 0 atom stereocenters. The third kappa shape index (κ3) is 4.94. The van der Waals surface area contributed by atoms with Crippen molar-refractivity contribution in [3.63, 3.8) is 0 Å². The monoisotopic (exact) mass is 437 g/mol. The van der Waals surface area contributed by atoms with Crippen LogP contribution in [0.2, 0.25) is 5.02 Å². The molecule has 1 aromatic heterocycles. The first-order chi connectivity index (χ1) is 13.3. The summed E-state index contributed by atoms with van der Waals surface area (Å²) >= 11 is 7.48. The number of hydrogen-bond acceptors (Lipinski definition) is 5. The van der Waals surface area contributed by atoms with E-state index in [0.29, 0.717) is 39.8 Å². The van der Waals surface area contributed by atoms with Gasteiger partial charge in [0.05, 0.1) is 22.8 Å². The predicted octanol–water partition coefficient (Wildman–Crippen LogP) is 3.38. The summed E-state index contributed by atoms with van der Waals surface area (Å²) < 4.78 is 26.4. The molecular formula is C19H20ClN3O3S2. The Hall–Kier alpha value is -1.87. The molecule has 2 aromatic carbocycles. The molecule has 0 aliphatic heterocycles. The van der Waals surface area contributed by atoms with Crippen molar-refractivity contribution in [2.45, 2.75) is 18.5 Å². The Morgan fingerprint density at radius 1 is 1.21 bits per heavy atom. The molecule has 1 heterocycles. The van der Waals surface area contributed by atoms with E-state index in [9.17, 15) is 13.2 Å². The van der Waals surface area contributed by atoms with Gasteiger partial charge in [0.1, 0.15) is 0 Å². The van der Waals surface area contributed by atoms with Crippen LogP contribution >= 0.6 is 23.4 Å². The molecular weight excluding hydrogens is 418 g/mol. The zero-order chi connectivity index (χ0) is 20.3. The highest BCUT2D eigenvalue weighted by molar-refractivity contribution is 7.99. The van der Waals surface area contributed by atoms with Crippen molar-refractivity contribution in [1.82, 2.24) is 14.3 Å². The van der Waals surface area contributed by atoms with Crippen LogP contribution in [-0.4, -0.2) is 36.5 Å². The lowest BCUT2D eigenvalue weighted by atomic mass is 10.2. The van der Waals surface area contributed by atoms with Crippen LogP contribution in [0.4, 0.5) is 0 Å². The Bertz CT molecular complexity index is 1180. The highest BCUT2D eigenvalue weighted by atomic mass is 35.5. The van der Waals surface area contributed by atoms with E-state index < -0.39 is 10.0 Å². The maximum Gasteiger partial charge on any atom is 0.266 e. The fraction of sp³-hybridized carbons (Fsp3) is 0.263. The van der Waals surface area contributed by atoms with Gasteiger partial charge in [-0.05, 0) is 43.2 Å². The van der Waals surface area contributed by atoms with Gasteiger partial charge in [-0.1, -0.05) is 41.6 Å². The lowest BCUT2D eigenvalue weighted by Crippen LogP contribution is -2.24. The van der Waals surface area contributed by atoms with Crippen LogP contribution in [0.15, 0.2) is 52.4 Å². The quantitative estimate of drug-likeness (QED) is 0.348. The second-order valence-electron chi connectivity index (χ2n) is 6.35. The molecule has 0 saturated heterocycles. The standard InChI is InChI=1S/C19H20ClN3O3S2/c1-13-6-3-4-7-17(13)23-18(24)15-9-8-14(20)12-16(15)22-19(23)27-11-5-10-21-28(2,25)26/h3-4,6-9,12,21H,5,10-11H2,1-2H3. The van der Waals surface area contributed by atoms with E-state index in [2.05, 4.69) is 9.71 Å². The molecule has 28 heavy (non-hydrogen) atoms. The Kier molecular flexibility index (Phi) is 6.44. The molecule has 9 heteroatoms. The largest absolute Gasteiger partial charge is 0.268 e. The number of nitrogens with zero attached hydrogens (tertiary/aromatic N) is 2. The average Bonchev–Trinajstić information content (AvgIpc) is 2.61. The van der Waals surface area contributed by atoms with Crippen LogP contribution < -0.4 is 10.3 Å². The van der Waals surface area contributed by atoms with Crippen molar-refractivity contribution in [1.29, 1.82) is 0 Å². The number of aryl methyl sites for hydroxylation is 1. The van der Waals surface area contributed by atoms with E-state index in [-0.39, 0.29) is 5.56 Å². The molecule has 3 rings (SSSR count). The van der Waals surface area contributed by atoms with E-state index in [4.69, 9.17) is 11.6 Å². The number of benzene rings is 2. The average molecular weight is 438 g/mol. The van der Waals surface area contributed by atoms with E-state index in [1.165, 1.54) is 11.8 Å². The molecule has 6 nitrogen and oxygen atoms in total. The number of fused-ring (bicyclic) bond motifs is 1. The third-order valence-corrected chi connectivity index (χ3v) is 6.06. The molecule has 0 amide bonds. The van der Waals surface area contributed by atoms with Crippen molar-refractivity contribution in [2.24, 2.45) is 0 Å². The summed E-state index contributed by atoms with van der Waals surface area (Å²) in [6, 6.07) is 12.7. The number of thioether (sulfide) groups is 1. The molecule has 0 saturated carbocycles. The van der Waals surface area contributed by atoms with Crippen molar-refractivity contribution >= 4 is 44.3 Å². The predicted molar refractivity (Wildman–Crippen MR) is 115 cm³/mol. The van der Waals surface area contributed by atoms with Gasteiger partial charge in [0.15, 0.2) is 5.16 Å². The van der Waals surface area contributed by atoms with Crippen molar-refractivity contribution < 1.29 is 8.42 Å². The van der Waals surface area contributed by atoms with E-state index in [1.54, 1.807) is 22.8 Å². The van der Waals surface area contributed by atoms with Gasteiger partial charge in [0.25, 0.3) is 5.56 Å². The van der Waals surface area contributed by atoms with E-state index in [1.807, 2.05) is 31.2 Å². The third-order valence-electron chi connectivity index (χ3n) is 4.07. The molecule has 148 valence electrons. The van der Waals surface area contributed by atoms with E-state index in [0.717, 1.165) is 17.5 Å². The van der Waals surface area contributed by atoms with Gasteiger partial charge in [-0.3, -0.25) is 9.36 Å². The highest BCUT2D eigenvalue weighted by Crippen LogP contribution is 2.24.